The van der Waals surface area contributed by atoms with E-state index in [9.17, 15) is 5.11 Å². The molecule has 1 aromatic heterocycles. The smallest absolute Gasteiger partial charge is 0.189 e. The Morgan fingerprint density at radius 1 is 1.25 bits per heavy atom. The van der Waals surface area contributed by atoms with Crippen LogP contribution in [0, 0.1) is 0 Å². The summed E-state index contributed by atoms with van der Waals surface area (Å²) in [5, 5.41) is 11.9. The van der Waals surface area contributed by atoms with Gasteiger partial charge < -0.3 is 0 Å². The summed E-state index contributed by atoms with van der Waals surface area (Å²) < 4.78 is 0.903. The maximum absolute atomic E-state index is 11.3. The fourth-order valence-corrected chi connectivity index (χ4v) is 1.45. The van der Waals surface area contributed by atoms with Gasteiger partial charge in [0.2, 0.25) is 0 Å². The minimum Gasteiger partial charge on any atom is -0.289 e. The van der Waals surface area contributed by atoms with Crippen LogP contribution < -0.4 is 0 Å². The average molecular weight is 223 g/mol. The van der Waals surface area contributed by atoms with Crippen LogP contribution in [0.3, 0.4) is 0 Å². The first-order chi connectivity index (χ1) is 5.77. The van der Waals surface area contributed by atoms with Gasteiger partial charge in [-0.25, -0.2) is 0 Å². The standard InChI is InChI=1S/C9H5BrNO/c10-6-1-2-8-7(5-6)9(12)3-4-11-8/h1-5H. The van der Waals surface area contributed by atoms with Crippen molar-refractivity contribution in [2.45, 2.75) is 0 Å². The fraction of sp³-hybridized carbons (Fsp3) is 0. The van der Waals surface area contributed by atoms with Gasteiger partial charge in [-0.3, -0.25) is 10.1 Å². The van der Waals surface area contributed by atoms with Crippen LogP contribution in [0.4, 0.5) is 0 Å². The zero-order valence-corrected chi connectivity index (χ0v) is 7.71. The lowest BCUT2D eigenvalue weighted by atomic mass is 10.2. The van der Waals surface area contributed by atoms with Crippen molar-refractivity contribution in [3.63, 3.8) is 0 Å². The molecule has 0 aliphatic rings. The molecular weight excluding hydrogens is 218 g/mol. The molecule has 1 heterocycles. The van der Waals surface area contributed by atoms with E-state index < -0.39 is 0 Å². The average Bonchev–Trinajstić information content (AvgIpc) is 2.07. The Kier molecular flexibility index (Phi) is 1.73. The lowest BCUT2D eigenvalue weighted by Gasteiger charge is -1.97. The summed E-state index contributed by atoms with van der Waals surface area (Å²) >= 11 is 3.30. The molecule has 59 valence electrons. The Balaban J connectivity index is 2.88. The third kappa shape index (κ3) is 1.16. The van der Waals surface area contributed by atoms with Gasteiger partial charge in [0.25, 0.3) is 0 Å². The highest BCUT2D eigenvalue weighted by Gasteiger charge is 2.01. The Bertz CT molecular complexity index is 428. The number of benzene rings is 1. The van der Waals surface area contributed by atoms with E-state index in [0.717, 1.165) is 9.99 Å². The maximum atomic E-state index is 11.3. The van der Waals surface area contributed by atoms with Gasteiger partial charge in [0, 0.05) is 22.1 Å². The molecule has 2 nitrogen and oxygen atoms in total. The number of hydrogen-bond acceptors (Lipinski definition) is 1. The molecule has 0 saturated heterocycles. The number of hydrogen-bond donors (Lipinski definition) is 0. The van der Waals surface area contributed by atoms with E-state index in [-0.39, 0.29) is 5.75 Å². The van der Waals surface area contributed by atoms with Gasteiger partial charge in [0.05, 0.1) is 5.52 Å². The molecule has 12 heavy (non-hydrogen) atoms. The van der Waals surface area contributed by atoms with Crippen molar-refractivity contribution in [3.8, 4) is 5.75 Å². The summed E-state index contributed by atoms with van der Waals surface area (Å²) in [6.07, 6.45) is 1.53. The Hall–Kier alpha value is -1.09. The third-order valence-electron chi connectivity index (χ3n) is 1.66. The van der Waals surface area contributed by atoms with Crippen molar-refractivity contribution in [1.82, 2.24) is 4.98 Å². The van der Waals surface area contributed by atoms with Crippen molar-refractivity contribution in [2.75, 3.05) is 0 Å². The van der Waals surface area contributed by atoms with Gasteiger partial charge in [-0.05, 0) is 18.2 Å². The van der Waals surface area contributed by atoms with Gasteiger partial charge in [0.1, 0.15) is 0 Å². The molecule has 0 aliphatic carbocycles. The van der Waals surface area contributed by atoms with Crippen molar-refractivity contribution in [2.24, 2.45) is 0 Å². The van der Waals surface area contributed by atoms with Crippen LogP contribution in [0.2, 0.25) is 0 Å². The van der Waals surface area contributed by atoms with Crippen LogP contribution in [-0.2, 0) is 5.11 Å². The van der Waals surface area contributed by atoms with E-state index in [1.165, 1.54) is 12.3 Å². The first-order valence-electron chi connectivity index (χ1n) is 3.48. The van der Waals surface area contributed by atoms with Gasteiger partial charge in [-0.15, -0.1) is 0 Å². The second kappa shape index (κ2) is 2.75. The van der Waals surface area contributed by atoms with Crippen molar-refractivity contribution >= 4 is 26.8 Å². The number of aromatic nitrogens is 1. The molecule has 0 spiro atoms. The summed E-state index contributed by atoms with van der Waals surface area (Å²) in [6.45, 7) is 0. The van der Waals surface area contributed by atoms with Crippen LogP contribution in [0.25, 0.3) is 10.9 Å². The summed E-state index contributed by atoms with van der Waals surface area (Å²) in [5.41, 5.74) is 0.741. The highest BCUT2D eigenvalue weighted by atomic mass is 79.9. The summed E-state index contributed by atoms with van der Waals surface area (Å²) in [6, 6.07) is 6.94. The highest BCUT2D eigenvalue weighted by molar-refractivity contribution is 9.10. The first kappa shape index (κ1) is 7.55. The number of fused-ring (bicyclic) bond motifs is 1. The van der Waals surface area contributed by atoms with Gasteiger partial charge in [-0.1, -0.05) is 15.9 Å². The Morgan fingerprint density at radius 3 is 2.92 bits per heavy atom. The van der Waals surface area contributed by atoms with E-state index in [4.69, 9.17) is 0 Å². The first-order valence-corrected chi connectivity index (χ1v) is 4.28. The third-order valence-corrected chi connectivity index (χ3v) is 2.16. The van der Waals surface area contributed by atoms with Crippen molar-refractivity contribution < 1.29 is 5.11 Å². The van der Waals surface area contributed by atoms with Gasteiger partial charge >= 0.3 is 0 Å². The molecule has 0 fully saturated rings. The lowest BCUT2D eigenvalue weighted by molar-refractivity contribution is 0.360. The molecule has 2 aromatic rings. The molecular formula is C9H5BrNO. The molecule has 0 atom stereocenters. The summed E-state index contributed by atoms with van der Waals surface area (Å²) in [5.74, 6) is 0.0151. The number of rotatable bonds is 0. The molecule has 0 amide bonds. The zero-order chi connectivity index (χ0) is 8.55. The van der Waals surface area contributed by atoms with Crippen LogP contribution in [0.1, 0.15) is 0 Å². The molecule has 0 N–H and O–H groups in total. The molecule has 1 aromatic carbocycles. The van der Waals surface area contributed by atoms with Crippen molar-refractivity contribution in [3.05, 3.63) is 34.9 Å². The Morgan fingerprint density at radius 2 is 2.08 bits per heavy atom. The minimum absolute atomic E-state index is 0.0151. The zero-order valence-electron chi connectivity index (χ0n) is 6.12. The van der Waals surface area contributed by atoms with Crippen LogP contribution in [0.15, 0.2) is 34.9 Å². The van der Waals surface area contributed by atoms with Gasteiger partial charge in [0.15, 0.2) is 5.75 Å². The molecule has 0 unspecified atom stereocenters. The Labute approximate surface area is 78.0 Å². The predicted molar refractivity (Wildman–Crippen MR) is 49.6 cm³/mol. The second-order valence-corrected chi connectivity index (χ2v) is 3.39. The molecule has 1 radical (unpaired) electrons. The molecule has 2 rings (SSSR count). The molecule has 3 heteroatoms. The highest BCUT2D eigenvalue weighted by Crippen LogP contribution is 2.25. The normalized spacial score (nSPS) is 10.4. The minimum atomic E-state index is 0.0151. The van der Waals surface area contributed by atoms with E-state index in [1.54, 1.807) is 6.07 Å². The van der Waals surface area contributed by atoms with E-state index in [1.807, 2.05) is 12.1 Å². The number of pyridine rings is 1. The van der Waals surface area contributed by atoms with Crippen molar-refractivity contribution in [1.29, 1.82) is 0 Å². The number of nitrogens with zero attached hydrogens (tertiary/aromatic N) is 1. The van der Waals surface area contributed by atoms with E-state index in [2.05, 4.69) is 20.9 Å². The topological polar surface area (TPSA) is 32.8 Å². The molecule has 0 bridgehead atoms. The van der Waals surface area contributed by atoms with Gasteiger partial charge in [-0.2, -0.15) is 0 Å². The molecule has 0 aliphatic heterocycles. The number of halogens is 1. The van der Waals surface area contributed by atoms with E-state index in [0.29, 0.717) is 5.39 Å². The second-order valence-electron chi connectivity index (χ2n) is 2.47. The van der Waals surface area contributed by atoms with Crippen LogP contribution in [-0.4, -0.2) is 4.98 Å². The SMILES string of the molecule is [O]c1ccnc2ccc(Br)cc12. The van der Waals surface area contributed by atoms with Crippen LogP contribution in [0.5, 0.6) is 5.75 Å². The van der Waals surface area contributed by atoms with Crippen LogP contribution >= 0.6 is 15.9 Å². The predicted octanol–water partition coefficient (Wildman–Crippen LogP) is 3.14. The maximum Gasteiger partial charge on any atom is 0.189 e. The summed E-state index contributed by atoms with van der Waals surface area (Å²) in [4.78, 5) is 4.06. The largest absolute Gasteiger partial charge is 0.289 e. The summed E-state index contributed by atoms with van der Waals surface area (Å²) in [7, 11) is 0. The monoisotopic (exact) mass is 222 g/mol. The fourth-order valence-electron chi connectivity index (χ4n) is 1.09. The van der Waals surface area contributed by atoms with E-state index >= 15 is 0 Å². The lowest BCUT2D eigenvalue weighted by Crippen LogP contribution is -1.77. The quantitative estimate of drug-likeness (QED) is 0.675. The molecule has 0 saturated carbocycles.